The van der Waals surface area contributed by atoms with Gasteiger partial charge >= 0.3 is 10.1 Å². The molecule has 0 atom stereocenters. The maximum absolute atomic E-state index is 12.2. The number of aryl methyl sites for hydroxylation is 3. The molecule has 0 unspecified atom stereocenters. The van der Waals surface area contributed by atoms with Crippen LogP contribution in [-0.4, -0.2) is 27.2 Å². The van der Waals surface area contributed by atoms with Gasteiger partial charge in [-0.1, -0.05) is 29.8 Å². The predicted octanol–water partition coefficient (Wildman–Crippen LogP) is 1.90. The van der Waals surface area contributed by atoms with E-state index < -0.39 is 26.0 Å². The van der Waals surface area contributed by atoms with Crippen LogP contribution in [0.4, 0.5) is 0 Å². The highest BCUT2D eigenvalue weighted by molar-refractivity contribution is 7.99. The molecule has 1 aromatic heterocycles. The standard InChI is InChI=1S/C18H21N2O5S2/c1-15-8-10-16(11-9-15)27(23,24)25-26(21,22)13-5-12-20-14-19(2)17-6-3-4-7-18(17)20/h3-4,6-11,14H,5,12-13H2,1-2H3/q+1. The van der Waals surface area contributed by atoms with Gasteiger partial charge in [0.05, 0.1) is 24.2 Å². The molecular formula is C18H21N2O5S2+. The third-order valence-corrected chi connectivity index (χ3v) is 7.36. The van der Waals surface area contributed by atoms with Crippen molar-refractivity contribution in [3.63, 3.8) is 0 Å². The molecule has 7 nitrogen and oxygen atoms in total. The van der Waals surface area contributed by atoms with Crippen LogP contribution in [0.5, 0.6) is 0 Å². The van der Waals surface area contributed by atoms with Gasteiger partial charge in [0.15, 0.2) is 11.0 Å². The van der Waals surface area contributed by atoms with E-state index in [1.54, 1.807) is 19.1 Å². The van der Waals surface area contributed by atoms with Crippen LogP contribution in [0.25, 0.3) is 11.0 Å². The maximum atomic E-state index is 12.2. The molecule has 0 radical (unpaired) electrons. The minimum Gasteiger partial charge on any atom is -0.233 e. The summed E-state index contributed by atoms with van der Waals surface area (Å²) in [5.41, 5.74) is 2.87. The van der Waals surface area contributed by atoms with Crippen molar-refractivity contribution in [2.45, 2.75) is 24.8 Å². The summed E-state index contributed by atoms with van der Waals surface area (Å²) in [5.74, 6) is -0.395. The second-order valence-electron chi connectivity index (χ2n) is 6.36. The van der Waals surface area contributed by atoms with E-state index in [4.69, 9.17) is 0 Å². The van der Waals surface area contributed by atoms with E-state index in [0.29, 0.717) is 6.54 Å². The first-order valence-corrected chi connectivity index (χ1v) is 11.4. The van der Waals surface area contributed by atoms with Gasteiger partial charge in [-0.05, 0) is 31.2 Å². The second kappa shape index (κ2) is 7.41. The normalized spacial score (nSPS) is 12.5. The summed E-state index contributed by atoms with van der Waals surface area (Å²) in [4.78, 5) is -0.180. The van der Waals surface area contributed by atoms with Crippen LogP contribution in [0.2, 0.25) is 0 Å². The monoisotopic (exact) mass is 409 g/mol. The minimum atomic E-state index is -4.36. The Balaban J connectivity index is 1.67. The van der Waals surface area contributed by atoms with E-state index in [1.165, 1.54) is 12.1 Å². The molecular weight excluding hydrogens is 388 g/mol. The highest BCUT2D eigenvalue weighted by Gasteiger charge is 2.25. The predicted molar refractivity (Wildman–Crippen MR) is 101 cm³/mol. The molecule has 0 N–H and O–H groups in total. The topological polar surface area (TPSA) is 86.3 Å². The first-order valence-electron chi connectivity index (χ1n) is 8.37. The van der Waals surface area contributed by atoms with Crippen molar-refractivity contribution in [2.24, 2.45) is 7.05 Å². The van der Waals surface area contributed by atoms with Crippen LogP contribution in [0, 0.1) is 6.92 Å². The lowest BCUT2D eigenvalue weighted by molar-refractivity contribution is -0.672. The molecule has 2 aromatic carbocycles. The van der Waals surface area contributed by atoms with Crippen LogP contribution in [-0.2, 0) is 37.5 Å². The van der Waals surface area contributed by atoms with Crippen LogP contribution in [0.15, 0.2) is 59.8 Å². The average molecular weight is 410 g/mol. The van der Waals surface area contributed by atoms with Crippen LogP contribution in [0.3, 0.4) is 0 Å². The van der Waals surface area contributed by atoms with E-state index in [-0.39, 0.29) is 11.3 Å². The molecule has 0 aliphatic carbocycles. The minimum absolute atomic E-state index is 0.180. The van der Waals surface area contributed by atoms with Gasteiger partial charge in [0.1, 0.15) is 0 Å². The number of benzene rings is 2. The molecule has 0 bridgehead atoms. The number of para-hydroxylation sites is 2. The Labute approximate surface area is 159 Å². The number of hydrogen-bond acceptors (Lipinski definition) is 5. The van der Waals surface area contributed by atoms with E-state index >= 15 is 0 Å². The lowest BCUT2D eigenvalue weighted by Gasteiger charge is -2.06. The van der Waals surface area contributed by atoms with Crippen molar-refractivity contribution in [1.29, 1.82) is 0 Å². The first kappa shape index (κ1) is 19.5. The molecule has 0 fully saturated rings. The molecule has 3 rings (SSSR count). The first-order chi connectivity index (χ1) is 12.7. The van der Waals surface area contributed by atoms with Gasteiger partial charge in [-0.3, -0.25) is 0 Å². The number of nitrogens with zero attached hydrogens (tertiary/aromatic N) is 2. The van der Waals surface area contributed by atoms with Gasteiger partial charge in [0, 0.05) is 6.42 Å². The Hall–Kier alpha value is -2.23. The summed E-state index contributed by atoms with van der Waals surface area (Å²) >= 11 is 0. The molecule has 9 heteroatoms. The number of hydrogen-bond donors (Lipinski definition) is 0. The van der Waals surface area contributed by atoms with E-state index in [9.17, 15) is 16.8 Å². The summed E-state index contributed by atoms with van der Waals surface area (Å²) < 4.78 is 57.0. The summed E-state index contributed by atoms with van der Waals surface area (Å²) in [6.45, 7) is 2.23. The van der Waals surface area contributed by atoms with Gasteiger partial charge in [-0.25, -0.2) is 9.13 Å². The second-order valence-corrected chi connectivity index (χ2v) is 9.81. The fourth-order valence-electron chi connectivity index (χ4n) is 2.84. The van der Waals surface area contributed by atoms with Crippen molar-refractivity contribution >= 4 is 31.3 Å². The van der Waals surface area contributed by atoms with Gasteiger partial charge in [-0.15, -0.1) is 3.63 Å². The number of rotatable bonds is 7. The SMILES string of the molecule is Cc1ccc(S(=O)(=O)OS(=O)(=O)CCC[n+]2cn(C)c3ccccc32)cc1. The fraction of sp³-hybridized carbons (Fsp3) is 0.278. The number of imidazole rings is 1. The molecule has 1 heterocycles. The highest BCUT2D eigenvalue weighted by Crippen LogP contribution is 2.16. The quantitative estimate of drug-likeness (QED) is 0.556. The van der Waals surface area contributed by atoms with E-state index in [1.807, 2.05) is 46.8 Å². The zero-order valence-electron chi connectivity index (χ0n) is 15.1. The number of fused-ring (bicyclic) bond motifs is 1. The van der Waals surface area contributed by atoms with Crippen LogP contribution >= 0.6 is 0 Å². The van der Waals surface area contributed by atoms with Crippen molar-refractivity contribution < 1.29 is 25.0 Å². The smallest absolute Gasteiger partial charge is 0.233 e. The Bertz CT molecular complexity index is 1160. The molecule has 0 spiro atoms. The average Bonchev–Trinajstić information content (AvgIpc) is 2.91. The van der Waals surface area contributed by atoms with E-state index in [2.05, 4.69) is 3.63 Å². The Morgan fingerprint density at radius 1 is 1.00 bits per heavy atom. The molecule has 3 aromatic rings. The molecule has 0 saturated carbocycles. The van der Waals surface area contributed by atoms with Crippen molar-refractivity contribution in [3.8, 4) is 0 Å². The molecule has 144 valence electrons. The molecule has 0 saturated heterocycles. The van der Waals surface area contributed by atoms with Crippen LogP contribution < -0.4 is 4.57 Å². The van der Waals surface area contributed by atoms with Crippen LogP contribution in [0.1, 0.15) is 12.0 Å². The number of aromatic nitrogens is 2. The lowest BCUT2D eigenvalue weighted by Crippen LogP contribution is -2.33. The van der Waals surface area contributed by atoms with Crippen molar-refractivity contribution in [2.75, 3.05) is 5.75 Å². The fourth-order valence-corrected chi connectivity index (χ4v) is 5.47. The Morgan fingerprint density at radius 3 is 2.37 bits per heavy atom. The zero-order chi connectivity index (χ0) is 19.7. The van der Waals surface area contributed by atoms with E-state index in [0.717, 1.165) is 16.6 Å². The lowest BCUT2D eigenvalue weighted by atomic mass is 10.2. The summed E-state index contributed by atoms with van der Waals surface area (Å²) in [6, 6.07) is 13.6. The zero-order valence-corrected chi connectivity index (χ0v) is 16.7. The largest absolute Gasteiger partial charge is 0.311 e. The van der Waals surface area contributed by atoms with Gasteiger partial charge < -0.3 is 0 Å². The third-order valence-electron chi connectivity index (χ3n) is 4.18. The highest BCUT2D eigenvalue weighted by atomic mass is 32.3. The molecule has 0 aliphatic heterocycles. The van der Waals surface area contributed by atoms with Crippen molar-refractivity contribution in [3.05, 3.63) is 60.4 Å². The van der Waals surface area contributed by atoms with Crippen molar-refractivity contribution in [1.82, 2.24) is 4.57 Å². The summed E-state index contributed by atoms with van der Waals surface area (Å²) in [7, 11) is -6.67. The summed E-state index contributed by atoms with van der Waals surface area (Å²) in [5, 5.41) is 0. The van der Waals surface area contributed by atoms with Gasteiger partial charge in [-0.2, -0.15) is 16.8 Å². The molecule has 27 heavy (non-hydrogen) atoms. The van der Waals surface area contributed by atoms with Gasteiger partial charge in [0.2, 0.25) is 6.33 Å². The molecule has 0 aliphatic rings. The van der Waals surface area contributed by atoms with Gasteiger partial charge in [0.25, 0.3) is 10.1 Å². The maximum Gasteiger partial charge on any atom is 0.311 e. The Kier molecular flexibility index (Phi) is 5.36. The third kappa shape index (κ3) is 4.55. The Morgan fingerprint density at radius 2 is 1.67 bits per heavy atom. The molecule has 0 amide bonds. The summed E-state index contributed by atoms with van der Waals surface area (Å²) in [6.07, 6.45) is 2.10.